The number of anilines is 1. The van der Waals surface area contributed by atoms with E-state index >= 15 is 0 Å². The zero-order valence-corrected chi connectivity index (χ0v) is 10.7. The van der Waals surface area contributed by atoms with Crippen molar-refractivity contribution in [1.82, 2.24) is 15.3 Å². The van der Waals surface area contributed by atoms with Crippen molar-refractivity contribution < 1.29 is 0 Å². The van der Waals surface area contributed by atoms with Crippen LogP contribution < -0.4 is 10.6 Å². The zero-order valence-electron chi connectivity index (χ0n) is 8.54. The van der Waals surface area contributed by atoms with E-state index in [2.05, 4.69) is 43.2 Å². The van der Waals surface area contributed by atoms with Crippen LogP contribution in [0.15, 0.2) is 12.5 Å². The zero-order chi connectivity index (χ0) is 10.5. The second-order valence-electron chi connectivity index (χ2n) is 3.75. The number of rotatable bonds is 3. The van der Waals surface area contributed by atoms with Gasteiger partial charge in [0.2, 0.25) is 0 Å². The van der Waals surface area contributed by atoms with E-state index in [-0.39, 0.29) is 0 Å². The van der Waals surface area contributed by atoms with Crippen LogP contribution in [-0.2, 0) is 0 Å². The molecule has 0 amide bonds. The van der Waals surface area contributed by atoms with Crippen molar-refractivity contribution in [1.29, 1.82) is 0 Å². The van der Waals surface area contributed by atoms with Gasteiger partial charge in [0.1, 0.15) is 12.1 Å². The molecule has 0 aliphatic carbocycles. The van der Waals surface area contributed by atoms with Gasteiger partial charge >= 0.3 is 0 Å². The van der Waals surface area contributed by atoms with Gasteiger partial charge in [0.15, 0.2) is 0 Å². The van der Waals surface area contributed by atoms with Crippen LogP contribution in [0.5, 0.6) is 0 Å². The number of piperidine rings is 1. The number of aromatic nitrogens is 2. The SMILES string of the molecule is Ic1cncnc1NCC1CCCCN1. The van der Waals surface area contributed by atoms with Gasteiger partial charge in [0.05, 0.1) is 3.57 Å². The van der Waals surface area contributed by atoms with Gasteiger partial charge < -0.3 is 10.6 Å². The molecule has 2 heterocycles. The van der Waals surface area contributed by atoms with Crippen LogP contribution in [0.25, 0.3) is 0 Å². The van der Waals surface area contributed by atoms with E-state index in [0.29, 0.717) is 6.04 Å². The Labute approximate surface area is 103 Å². The molecule has 0 bridgehead atoms. The summed E-state index contributed by atoms with van der Waals surface area (Å²) in [6, 6.07) is 0.588. The molecule has 1 aliphatic heterocycles. The lowest BCUT2D eigenvalue weighted by molar-refractivity contribution is 0.414. The maximum Gasteiger partial charge on any atom is 0.142 e. The molecular formula is C10H15IN4. The first kappa shape index (κ1) is 11.1. The molecule has 2 N–H and O–H groups in total. The Balaban J connectivity index is 1.84. The van der Waals surface area contributed by atoms with Crippen LogP contribution in [0.4, 0.5) is 5.82 Å². The third-order valence-corrected chi connectivity index (χ3v) is 3.39. The fourth-order valence-corrected chi connectivity index (χ4v) is 2.25. The summed E-state index contributed by atoms with van der Waals surface area (Å²) in [6.07, 6.45) is 7.30. The fraction of sp³-hybridized carbons (Fsp3) is 0.600. The highest BCUT2D eigenvalue weighted by Gasteiger charge is 2.12. The van der Waals surface area contributed by atoms with Gasteiger partial charge in [-0.3, -0.25) is 0 Å². The summed E-state index contributed by atoms with van der Waals surface area (Å²) < 4.78 is 1.07. The molecule has 0 aromatic carbocycles. The van der Waals surface area contributed by atoms with Crippen LogP contribution in [0, 0.1) is 3.57 Å². The highest BCUT2D eigenvalue weighted by Crippen LogP contribution is 2.13. The van der Waals surface area contributed by atoms with E-state index in [1.807, 2.05) is 6.20 Å². The maximum atomic E-state index is 4.21. The molecule has 1 aromatic heterocycles. The molecule has 1 unspecified atom stereocenters. The first-order valence-electron chi connectivity index (χ1n) is 5.29. The Hall–Kier alpha value is -0.430. The van der Waals surface area contributed by atoms with Crippen molar-refractivity contribution in [2.75, 3.05) is 18.4 Å². The van der Waals surface area contributed by atoms with Gasteiger partial charge in [-0.25, -0.2) is 9.97 Å². The smallest absolute Gasteiger partial charge is 0.142 e. The summed E-state index contributed by atoms with van der Waals surface area (Å²) in [6.45, 7) is 2.10. The molecule has 4 nitrogen and oxygen atoms in total. The quantitative estimate of drug-likeness (QED) is 0.832. The van der Waals surface area contributed by atoms with Gasteiger partial charge in [-0.2, -0.15) is 0 Å². The molecule has 5 heteroatoms. The monoisotopic (exact) mass is 318 g/mol. The topological polar surface area (TPSA) is 49.8 Å². The Morgan fingerprint density at radius 3 is 3.20 bits per heavy atom. The van der Waals surface area contributed by atoms with Crippen LogP contribution in [0.1, 0.15) is 19.3 Å². The molecule has 0 saturated carbocycles. The van der Waals surface area contributed by atoms with Gasteiger partial charge in [0.25, 0.3) is 0 Å². The predicted molar refractivity (Wildman–Crippen MR) is 68.9 cm³/mol. The summed E-state index contributed by atoms with van der Waals surface area (Å²) in [4.78, 5) is 8.17. The van der Waals surface area contributed by atoms with Crippen LogP contribution >= 0.6 is 22.6 Å². The summed E-state index contributed by atoms with van der Waals surface area (Å²) in [5, 5.41) is 6.86. The number of nitrogens with one attached hydrogen (secondary N) is 2. The molecule has 0 spiro atoms. The predicted octanol–water partition coefficient (Wildman–Crippen LogP) is 1.64. The first-order chi connectivity index (χ1) is 7.36. The van der Waals surface area contributed by atoms with E-state index in [4.69, 9.17) is 0 Å². The second kappa shape index (κ2) is 5.60. The van der Waals surface area contributed by atoms with Crippen LogP contribution in [-0.4, -0.2) is 29.1 Å². The number of halogens is 1. The lowest BCUT2D eigenvalue weighted by Gasteiger charge is -2.23. The van der Waals surface area contributed by atoms with Crippen molar-refractivity contribution in [2.24, 2.45) is 0 Å². The molecule has 2 rings (SSSR count). The standard InChI is InChI=1S/C10H15IN4/c11-9-6-12-7-15-10(9)14-5-8-3-1-2-4-13-8/h6-8,13H,1-5H2,(H,12,14,15). The molecule has 1 fully saturated rings. The first-order valence-corrected chi connectivity index (χ1v) is 6.37. The van der Waals surface area contributed by atoms with Gasteiger partial charge in [-0.1, -0.05) is 6.42 Å². The van der Waals surface area contributed by atoms with E-state index in [1.165, 1.54) is 19.3 Å². The molecule has 1 aliphatic rings. The van der Waals surface area contributed by atoms with E-state index in [1.54, 1.807) is 6.33 Å². The Morgan fingerprint density at radius 2 is 2.47 bits per heavy atom. The molecule has 15 heavy (non-hydrogen) atoms. The van der Waals surface area contributed by atoms with Gasteiger partial charge in [0, 0.05) is 18.8 Å². The molecule has 82 valence electrons. The lowest BCUT2D eigenvalue weighted by Crippen LogP contribution is -2.39. The van der Waals surface area contributed by atoms with Crippen molar-refractivity contribution in [3.05, 3.63) is 16.1 Å². The second-order valence-corrected chi connectivity index (χ2v) is 4.91. The van der Waals surface area contributed by atoms with Crippen molar-refractivity contribution in [3.8, 4) is 0 Å². The fourth-order valence-electron chi connectivity index (χ4n) is 1.76. The molecule has 1 atom stereocenters. The van der Waals surface area contributed by atoms with Gasteiger partial charge in [-0.15, -0.1) is 0 Å². The van der Waals surface area contributed by atoms with Crippen LogP contribution in [0.2, 0.25) is 0 Å². The average Bonchev–Trinajstić information content (AvgIpc) is 2.29. The Kier molecular flexibility index (Phi) is 4.13. The normalized spacial score (nSPS) is 21.3. The largest absolute Gasteiger partial charge is 0.368 e. The third kappa shape index (κ3) is 3.27. The van der Waals surface area contributed by atoms with E-state index < -0.39 is 0 Å². The molecule has 1 saturated heterocycles. The molecular weight excluding hydrogens is 303 g/mol. The number of hydrogen-bond donors (Lipinski definition) is 2. The van der Waals surface area contributed by atoms with E-state index in [0.717, 1.165) is 22.5 Å². The summed E-state index contributed by atoms with van der Waals surface area (Å²) >= 11 is 2.25. The van der Waals surface area contributed by atoms with E-state index in [9.17, 15) is 0 Å². The summed E-state index contributed by atoms with van der Waals surface area (Å²) in [5.74, 6) is 0.943. The average molecular weight is 318 g/mol. The maximum absolute atomic E-state index is 4.21. The summed E-state index contributed by atoms with van der Waals surface area (Å²) in [7, 11) is 0. The highest BCUT2D eigenvalue weighted by atomic mass is 127. The van der Waals surface area contributed by atoms with Crippen molar-refractivity contribution in [2.45, 2.75) is 25.3 Å². The molecule has 0 radical (unpaired) electrons. The van der Waals surface area contributed by atoms with Crippen LogP contribution in [0.3, 0.4) is 0 Å². The molecule has 1 aromatic rings. The lowest BCUT2D eigenvalue weighted by atomic mass is 10.1. The minimum atomic E-state index is 0.588. The number of hydrogen-bond acceptors (Lipinski definition) is 4. The van der Waals surface area contributed by atoms with Gasteiger partial charge in [-0.05, 0) is 42.0 Å². The van der Waals surface area contributed by atoms with Crippen molar-refractivity contribution in [3.63, 3.8) is 0 Å². The summed E-state index contributed by atoms with van der Waals surface area (Å²) in [5.41, 5.74) is 0. The van der Waals surface area contributed by atoms with Crippen molar-refractivity contribution >= 4 is 28.4 Å². The Bertz CT molecular complexity index is 312. The minimum Gasteiger partial charge on any atom is -0.368 e. The highest BCUT2D eigenvalue weighted by molar-refractivity contribution is 14.1. The Morgan fingerprint density at radius 1 is 1.53 bits per heavy atom. The number of nitrogens with zero attached hydrogens (tertiary/aromatic N) is 2. The third-order valence-electron chi connectivity index (χ3n) is 2.60. The minimum absolute atomic E-state index is 0.588.